The highest BCUT2D eigenvalue weighted by Crippen LogP contribution is 2.30. The summed E-state index contributed by atoms with van der Waals surface area (Å²) in [6.07, 6.45) is 2.26. The van der Waals surface area contributed by atoms with E-state index in [2.05, 4.69) is 15.5 Å². The van der Waals surface area contributed by atoms with Crippen LogP contribution < -0.4 is 20.3 Å². The van der Waals surface area contributed by atoms with Gasteiger partial charge in [0.2, 0.25) is 0 Å². The molecule has 0 amide bonds. The Morgan fingerprint density at radius 1 is 1.29 bits per heavy atom. The van der Waals surface area contributed by atoms with Crippen molar-refractivity contribution in [3.63, 3.8) is 0 Å². The van der Waals surface area contributed by atoms with Crippen LogP contribution >= 0.6 is 11.6 Å². The number of ether oxygens (including phenoxy) is 2. The molecule has 7 heteroatoms. The Morgan fingerprint density at radius 2 is 2.10 bits per heavy atom. The fourth-order valence-electron chi connectivity index (χ4n) is 2.09. The monoisotopic (exact) mass is 307 g/mol. The molecule has 0 radical (unpaired) electrons. The Labute approximate surface area is 126 Å². The first-order chi connectivity index (χ1) is 10.2. The average molecular weight is 308 g/mol. The van der Waals surface area contributed by atoms with Crippen LogP contribution in [-0.2, 0) is 6.42 Å². The van der Waals surface area contributed by atoms with Crippen LogP contribution in [-0.4, -0.2) is 30.0 Å². The van der Waals surface area contributed by atoms with Crippen LogP contribution in [0.5, 0.6) is 11.5 Å². The molecule has 2 N–H and O–H groups in total. The van der Waals surface area contributed by atoms with E-state index in [9.17, 15) is 4.79 Å². The standard InChI is InChI=1S/C14H14ClN3O3/c15-13-10(8-17-18-14(13)19)16-4-3-9-1-2-11-12(7-9)21-6-5-20-11/h1-2,7-8H,3-6H2,(H2,16,18,19). The molecule has 21 heavy (non-hydrogen) atoms. The van der Waals surface area contributed by atoms with Crippen LogP contribution in [0.3, 0.4) is 0 Å². The van der Waals surface area contributed by atoms with Gasteiger partial charge in [0.25, 0.3) is 5.56 Å². The van der Waals surface area contributed by atoms with Crippen molar-refractivity contribution in [1.29, 1.82) is 0 Å². The van der Waals surface area contributed by atoms with E-state index < -0.39 is 5.56 Å². The van der Waals surface area contributed by atoms with Crippen LogP contribution in [0.2, 0.25) is 5.02 Å². The van der Waals surface area contributed by atoms with E-state index in [4.69, 9.17) is 21.1 Å². The van der Waals surface area contributed by atoms with Gasteiger partial charge in [-0.05, 0) is 24.1 Å². The second-order valence-electron chi connectivity index (χ2n) is 4.58. The van der Waals surface area contributed by atoms with Crippen LogP contribution in [0, 0.1) is 0 Å². The molecule has 0 bridgehead atoms. The minimum absolute atomic E-state index is 0.118. The van der Waals surface area contributed by atoms with Gasteiger partial charge in [-0.15, -0.1) is 0 Å². The number of halogens is 1. The molecule has 110 valence electrons. The molecule has 1 aromatic heterocycles. The fourth-order valence-corrected chi connectivity index (χ4v) is 2.25. The van der Waals surface area contributed by atoms with Gasteiger partial charge < -0.3 is 14.8 Å². The van der Waals surface area contributed by atoms with Gasteiger partial charge in [0, 0.05) is 6.54 Å². The molecular formula is C14H14ClN3O3. The second kappa shape index (κ2) is 6.05. The first-order valence-electron chi connectivity index (χ1n) is 6.59. The van der Waals surface area contributed by atoms with E-state index in [-0.39, 0.29) is 5.02 Å². The van der Waals surface area contributed by atoms with Gasteiger partial charge in [-0.2, -0.15) is 5.10 Å². The largest absolute Gasteiger partial charge is 0.486 e. The normalized spacial score (nSPS) is 13.0. The molecule has 1 aliphatic rings. The lowest BCUT2D eigenvalue weighted by atomic mass is 10.1. The Morgan fingerprint density at radius 3 is 2.95 bits per heavy atom. The summed E-state index contributed by atoms with van der Waals surface area (Å²) < 4.78 is 11.0. The van der Waals surface area contributed by atoms with E-state index in [1.807, 2.05) is 18.2 Å². The smallest absolute Gasteiger partial charge is 0.285 e. The Kier molecular flexibility index (Phi) is 3.96. The fraction of sp³-hybridized carbons (Fsp3) is 0.286. The van der Waals surface area contributed by atoms with Gasteiger partial charge in [-0.3, -0.25) is 4.79 Å². The van der Waals surface area contributed by atoms with E-state index >= 15 is 0 Å². The molecular weight excluding hydrogens is 294 g/mol. The Balaban J connectivity index is 1.63. The third-order valence-corrected chi connectivity index (χ3v) is 3.51. The van der Waals surface area contributed by atoms with Gasteiger partial charge in [0.05, 0.1) is 11.9 Å². The summed E-state index contributed by atoms with van der Waals surface area (Å²) >= 11 is 5.89. The van der Waals surface area contributed by atoms with E-state index in [1.54, 1.807) is 0 Å². The van der Waals surface area contributed by atoms with Crippen LogP contribution in [0.15, 0.2) is 29.2 Å². The van der Waals surface area contributed by atoms with Gasteiger partial charge >= 0.3 is 0 Å². The predicted molar refractivity (Wildman–Crippen MR) is 79.5 cm³/mol. The van der Waals surface area contributed by atoms with Crippen molar-refractivity contribution in [3.8, 4) is 11.5 Å². The molecule has 0 fully saturated rings. The van der Waals surface area contributed by atoms with Crippen molar-refractivity contribution in [2.24, 2.45) is 0 Å². The number of benzene rings is 1. The summed E-state index contributed by atoms with van der Waals surface area (Å²) in [5.41, 5.74) is 1.24. The summed E-state index contributed by atoms with van der Waals surface area (Å²) in [4.78, 5) is 11.3. The quantitative estimate of drug-likeness (QED) is 0.901. The zero-order valence-electron chi connectivity index (χ0n) is 11.2. The molecule has 0 saturated heterocycles. The number of hydrogen-bond acceptors (Lipinski definition) is 5. The van der Waals surface area contributed by atoms with Gasteiger partial charge in [-0.25, -0.2) is 5.10 Å². The van der Waals surface area contributed by atoms with Gasteiger partial charge in [-0.1, -0.05) is 17.7 Å². The Hall–Kier alpha value is -2.21. The highest BCUT2D eigenvalue weighted by Gasteiger charge is 2.11. The molecule has 0 atom stereocenters. The number of rotatable bonds is 4. The molecule has 0 spiro atoms. The van der Waals surface area contributed by atoms with E-state index in [0.29, 0.717) is 25.4 Å². The summed E-state index contributed by atoms with van der Waals surface area (Å²) in [5, 5.41) is 9.20. The molecule has 0 saturated carbocycles. The highest BCUT2D eigenvalue weighted by atomic mass is 35.5. The molecule has 1 aliphatic heterocycles. The van der Waals surface area contributed by atoms with Gasteiger partial charge in [0.15, 0.2) is 11.5 Å². The summed E-state index contributed by atoms with van der Waals surface area (Å²) in [7, 11) is 0. The minimum atomic E-state index is -0.402. The van der Waals surface area contributed by atoms with Crippen molar-refractivity contribution >= 4 is 17.3 Å². The first kappa shape index (κ1) is 13.8. The lowest BCUT2D eigenvalue weighted by Crippen LogP contribution is -2.16. The summed E-state index contributed by atoms with van der Waals surface area (Å²) in [6.45, 7) is 1.79. The molecule has 2 heterocycles. The van der Waals surface area contributed by atoms with Crippen molar-refractivity contribution in [3.05, 3.63) is 45.3 Å². The number of anilines is 1. The molecule has 0 unspecified atom stereocenters. The van der Waals surface area contributed by atoms with Gasteiger partial charge in [0.1, 0.15) is 18.2 Å². The zero-order chi connectivity index (χ0) is 14.7. The lowest BCUT2D eigenvalue weighted by Gasteiger charge is -2.19. The molecule has 6 nitrogen and oxygen atoms in total. The Bertz CT molecular complexity index is 702. The van der Waals surface area contributed by atoms with E-state index in [1.165, 1.54) is 6.20 Å². The van der Waals surface area contributed by atoms with Crippen molar-refractivity contribution in [2.45, 2.75) is 6.42 Å². The maximum absolute atomic E-state index is 11.3. The van der Waals surface area contributed by atoms with Crippen LogP contribution in [0.1, 0.15) is 5.56 Å². The van der Waals surface area contributed by atoms with Crippen LogP contribution in [0.25, 0.3) is 0 Å². The second-order valence-corrected chi connectivity index (χ2v) is 4.96. The SMILES string of the molecule is O=c1[nH]ncc(NCCc2ccc3c(c2)OCCO3)c1Cl. The number of nitrogens with zero attached hydrogens (tertiary/aromatic N) is 1. The highest BCUT2D eigenvalue weighted by molar-refractivity contribution is 6.32. The zero-order valence-corrected chi connectivity index (χ0v) is 11.9. The first-order valence-corrected chi connectivity index (χ1v) is 6.97. The number of hydrogen-bond donors (Lipinski definition) is 2. The van der Waals surface area contributed by atoms with Crippen molar-refractivity contribution in [1.82, 2.24) is 10.2 Å². The van der Waals surface area contributed by atoms with Crippen LogP contribution in [0.4, 0.5) is 5.69 Å². The van der Waals surface area contributed by atoms with Crippen molar-refractivity contribution < 1.29 is 9.47 Å². The summed E-state index contributed by atoms with van der Waals surface area (Å²) in [6, 6.07) is 5.87. The third kappa shape index (κ3) is 3.11. The minimum Gasteiger partial charge on any atom is -0.486 e. The maximum Gasteiger partial charge on any atom is 0.285 e. The number of nitrogens with one attached hydrogen (secondary N) is 2. The third-order valence-electron chi connectivity index (χ3n) is 3.13. The predicted octanol–water partition coefficient (Wildman–Crippen LogP) is 1.85. The molecule has 2 aromatic rings. The molecule has 0 aliphatic carbocycles. The number of fused-ring (bicyclic) bond motifs is 1. The van der Waals surface area contributed by atoms with E-state index in [0.717, 1.165) is 23.5 Å². The number of aromatic amines is 1. The molecule has 3 rings (SSSR count). The maximum atomic E-state index is 11.3. The number of aromatic nitrogens is 2. The topological polar surface area (TPSA) is 76.2 Å². The number of H-pyrrole nitrogens is 1. The summed E-state index contributed by atoms with van der Waals surface area (Å²) in [5.74, 6) is 1.55. The molecule has 1 aromatic carbocycles. The lowest BCUT2D eigenvalue weighted by molar-refractivity contribution is 0.171. The average Bonchev–Trinajstić information content (AvgIpc) is 2.51. The van der Waals surface area contributed by atoms with Crippen molar-refractivity contribution in [2.75, 3.05) is 25.1 Å².